The van der Waals surface area contributed by atoms with E-state index >= 15 is 0 Å². The normalized spacial score (nSPS) is 15.6. The van der Waals surface area contributed by atoms with E-state index in [0.717, 1.165) is 19.3 Å². The second-order valence-corrected chi connectivity index (χ2v) is 7.30. The fourth-order valence-corrected chi connectivity index (χ4v) is 2.75. The van der Waals surface area contributed by atoms with Gasteiger partial charge in [0.2, 0.25) is 0 Å². The Morgan fingerprint density at radius 2 is 2.04 bits per heavy atom. The van der Waals surface area contributed by atoms with E-state index in [1.54, 1.807) is 4.90 Å². The third-order valence-corrected chi connectivity index (χ3v) is 4.11. The summed E-state index contributed by atoms with van der Waals surface area (Å²) in [5, 5.41) is 8.73. The summed E-state index contributed by atoms with van der Waals surface area (Å²) < 4.78 is 24.6. The number of hydrogen-bond donors (Lipinski definition) is 0. The second-order valence-electron chi connectivity index (χ2n) is 7.30. The summed E-state index contributed by atoms with van der Waals surface area (Å²) in [6.45, 7) is 7.33. The summed E-state index contributed by atoms with van der Waals surface area (Å²) in [6.07, 6.45) is 2.32. The molecular formula is C19H25FN2O3. The fraction of sp³-hybridized carbons (Fsp3) is 0.579. The Hall–Kier alpha value is -2.29. The lowest BCUT2D eigenvalue weighted by Crippen LogP contribution is -2.41. The Morgan fingerprint density at radius 1 is 1.36 bits per heavy atom. The SMILES string of the molecule is CC(C)(C)OC(=O)N1CCC(CCOc2ccc(C#N)cc2F)CC1. The quantitative estimate of drug-likeness (QED) is 0.821. The molecule has 1 aromatic carbocycles. The van der Waals surface area contributed by atoms with Gasteiger partial charge < -0.3 is 14.4 Å². The van der Waals surface area contributed by atoms with Crippen LogP contribution in [-0.4, -0.2) is 36.3 Å². The number of rotatable bonds is 4. The largest absolute Gasteiger partial charge is 0.491 e. The molecule has 0 radical (unpaired) electrons. The molecule has 0 aliphatic carbocycles. The van der Waals surface area contributed by atoms with Crippen molar-refractivity contribution in [2.24, 2.45) is 5.92 Å². The first-order chi connectivity index (χ1) is 11.8. The summed E-state index contributed by atoms with van der Waals surface area (Å²) in [5.74, 6) is 0.101. The molecule has 136 valence electrons. The molecule has 1 aliphatic rings. The van der Waals surface area contributed by atoms with Crippen molar-refractivity contribution in [1.29, 1.82) is 5.26 Å². The molecule has 1 heterocycles. The van der Waals surface area contributed by atoms with Crippen LogP contribution < -0.4 is 4.74 Å². The summed E-state index contributed by atoms with van der Waals surface area (Å²) in [7, 11) is 0. The predicted molar refractivity (Wildman–Crippen MR) is 91.8 cm³/mol. The molecular weight excluding hydrogens is 323 g/mol. The number of piperidine rings is 1. The minimum absolute atomic E-state index is 0.171. The second kappa shape index (κ2) is 8.19. The highest BCUT2D eigenvalue weighted by Crippen LogP contribution is 2.24. The number of carbonyl (C=O) groups is 1. The Balaban J connectivity index is 1.72. The molecule has 0 unspecified atom stereocenters. The number of amides is 1. The molecule has 0 aromatic heterocycles. The number of benzene rings is 1. The average Bonchev–Trinajstić information content (AvgIpc) is 2.55. The van der Waals surface area contributed by atoms with Crippen molar-refractivity contribution < 1.29 is 18.7 Å². The van der Waals surface area contributed by atoms with Crippen LogP contribution in [0.5, 0.6) is 5.75 Å². The Kier molecular flexibility index (Phi) is 6.24. The molecule has 1 aromatic rings. The number of hydrogen-bond acceptors (Lipinski definition) is 4. The van der Waals surface area contributed by atoms with Gasteiger partial charge in [-0.05, 0) is 64.2 Å². The molecule has 1 fully saturated rings. The third-order valence-electron chi connectivity index (χ3n) is 4.11. The minimum atomic E-state index is -0.515. The van der Waals surface area contributed by atoms with E-state index in [1.807, 2.05) is 26.8 Å². The highest BCUT2D eigenvalue weighted by atomic mass is 19.1. The maximum absolute atomic E-state index is 13.7. The van der Waals surface area contributed by atoms with Crippen LogP contribution in [0.25, 0.3) is 0 Å². The number of nitrogens with zero attached hydrogens (tertiary/aromatic N) is 2. The van der Waals surface area contributed by atoms with Crippen molar-refractivity contribution >= 4 is 6.09 Å². The molecule has 0 N–H and O–H groups in total. The van der Waals surface area contributed by atoms with Crippen molar-refractivity contribution in [3.8, 4) is 11.8 Å². The molecule has 1 saturated heterocycles. The maximum atomic E-state index is 13.7. The van der Waals surface area contributed by atoms with Crippen molar-refractivity contribution in [2.45, 2.75) is 45.6 Å². The monoisotopic (exact) mass is 348 g/mol. The van der Waals surface area contributed by atoms with Gasteiger partial charge in [0.05, 0.1) is 18.2 Å². The fourth-order valence-electron chi connectivity index (χ4n) is 2.75. The Morgan fingerprint density at radius 3 is 2.60 bits per heavy atom. The average molecular weight is 348 g/mol. The van der Waals surface area contributed by atoms with Crippen molar-refractivity contribution in [2.75, 3.05) is 19.7 Å². The van der Waals surface area contributed by atoms with Gasteiger partial charge in [0, 0.05) is 13.1 Å². The van der Waals surface area contributed by atoms with Gasteiger partial charge in [0.15, 0.2) is 11.6 Å². The summed E-state index contributed by atoms with van der Waals surface area (Å²) in [4.78, 5) is 13.8. The van der Waals surface area contributed by atoms with Gasteiger partial charge >= 0.3 is 6.09 Å². The number of ether oxygens (including phenoxy) is 2. The third kappa shape index (κ3) is 5.93. The summed E-state index contributed by atoms with van der Waals surface area (Å²) in [5.41, 5.74) is -0.202. The zero-order chi connectivity index (χ0) is 18.4. The number of likely N-dealkylation sites (tertiary alicyclic amines) is 1. The molecule has 0 bridgehead atoms. The highest BCUT2D eigenvalue weighted by Gasteiger charge is 2.26. The van der Waals surface area contributed by atoms with Gasteiger partial charge in [0.1, 0.15) is 5.60 Å². The molecule has 0 atom stereocenters. The van der Waals surface area contributed by atoms with Crippen LogP contribution >= 0.6 is 0 Å². The van der Waals surface area contributed by atoms with Crippen molar-refractivity contribution in [1.82, 2.24) is 4.90 Å². The van der Waals surface area contributed by atoms with E-state index in [9.17, 15) is 9.18 Å². The van der Waals surface area contributed by atoms with E-state index in [4.69, 9.17) is 14.7 Å². The van der Waals surface area contributed by atoms with E-state index in [2.05, 4.69) is 0 Å². The Labute approximate surface area is 148 Å². The van der Waals surface area contributed by atoms with Crippen LogP contribution in [0.2, 0.25) is 0 Å². The number of nitriles is 1. The smallest absolute Gasteiger partial charge is 0.410 e. The maximum Gasteiger partial charge on any atom is 0.410 e. The van der Waals surface area contributed by atoms with E-state index < -0.39 is 11.4 Å². The van der Waals surface area contributed by atoms with Gasteiger partial charge in [-0.1, -0.05) is 0 Å². The zero-order valence-corrected chi connectivity index (χ0v) is 15.0. The standard InChI is InChI=1S/C19H25FN2O3/c1-19(2,3)25-18(23)22-9-6-14(7-10-22)8-11-24-17-5-4-15(13-21)12-16(17)20/h4-5,12,14H,6-11H2,1-3H3. The van der Waals surface area contributed by atoms with Crippen LogP contribution in [0.15, 0.2) is 18.2 Å². The van der Waals surface area contributed by atoms with Crippen LogP contribution in [0.1, 0.15) is 45.6 Å². The zero-order valence-electron chi connectivity index (χ0n) is 15.0. The molecule has 2 rings (SSSR count). The van der Waals surface area contributed by atoms with Crippen LogP contribution in [-0.2, 0) is 4.74 Å². The van der Waals surface area contributed by atoms with Gasteiger partial charge in [0.25, 0.3) is 0 Å². The molecule has 5 nitrogen and oxygen atoms in total. The molecule has 25 heavy (non-hydrogen) atoms. The first-order valence-electron chi connectivity index (χ1n) is 8.59. The van der Waals surface area contributed by atoms with E-state index in [1.165, 1.54) is 18.2 Å². The molecule has 1 aliphatic heterocycles. The lowest BCUT2D eigenvalue weighted by molar-refractivity contribution is 0.0177. The van der Waals surface area contributed by atoms with Crippen molar-refractivity contribution in [3.63, 3.8) is 0 Å². The molecule has 6 heteroatoms. The summed E-state index contributed by atoms with van der Waals surface area (Å²) in [6, 6.07) is 6.09. The van der Waals surface area contributed by atoms with Gasteiger partial charge in [-0.2, -0.15) is 5.26 Å². The minimum Gasteiger partial charge on any atom is -0.491 e. The molecule has 0 spiro atoms. The van der Waals surface area contributed by atoms with Crippen LogP contribution in [0, 0.1) is 23.1 Å². The lowest BCUT2D eigenvalue weighted by Gasteiger charge is -2.33. The highest BCUT2D eigenvalue weighted by molar-refractivity contribution is 5.68. The van der Waals surface area contributed by atoms with E-state index in [0.29, 0.717) is 25.6 Å². The lowest BCUT2D eigenvalue weighted by atomic mass is 9.94. The van der Waals surface area contributed by atoms with Gasteiger partial charge in [-0.25, -0.2) is 9.18 Å². The van der Waals surface area contributed by atoms with Crippen LogP contribution in [0.4, 0.5) is 9.18 Å². The number of halogens is 1. The molecule has 1 amide bonds. The summed E-state index contributed by atoms with van der Waals surface area (Å²) >= 11 is 0. The molecule has 0 saturated carbocycles. The van der Waals surface area contributed by atoms with Crippen LogP contribution in [0.3, 0.4) is 0 Å². The predicted octanol–water partition coefficient (Wildman–Crippen LogP) is 4.11. The first kappa shape index (κ1) is 19.0. The van der Waals surface area contributed by atoms with Crippen molar-refractivity contribution in [3.05, 3.63) is 29.6 Å². The Bertz CT molecular complexity index is 641. The first-order valence-corrected chi connectivity index (χ1v) is 8.59. The topological polar surface area (TPSA) is 62.6 Å². The van der Waals surface area contributed by atoms with Gasteiger partial charge in [-0.15, -0.1) is 0 Å². The van der Waals surface area contributed by atoms with E-state index in [-0.39, 0.29) is 17.4 Å². The van der Waals surface area contributed by atoms with Gasteiger partial charge in [-0.3, -0.25) is 0 Å². The number of carbonyl (C=O) groups excluding carboxylic acids is 1.